The molecule has 0 aromatic heterocycles. The van der Waals surface area contributed by atoms with Crippen molar-refractivity contribution in [2.24, 2.45) is 34.5 Å². The molecule has 9 bridgehead atoms. The minimum atomic E-state index is -1.17. The second kappa shape index (κ2) is 5.32. The number of fused-ring (bicyclic) bond motifs is 2. The number of carbonyl (C=O) groups excluding carboxylic acids is 1. The average molecular weight is 392 g/mol. The van der Waals surface area contributed by atoms with Crippen molar-refractivity contribution in [1.82, 2.24) is 4.90 Å². The normalized spacial score (nSPS) is 61.8. The molecule has 7 rings (SSSR count). The zero-order chi connectivity index (χ0) is 19.6. The van der Waals surface area contributed by atoms with Gasteiger partial charge >= 0.3 is 5.97 Å². The number of carbonyl (C=O) groups is 1. The first-order valence-corrected chi connectivity index (χ1v) is 11.2. The molecule has 0 amide bonds. The number of esters is 1. The predicted octanol–water partition coefficient (Wildman–Crippen LogP) is 1.19. The summed E-state index contributed by atoms with van der Waals surface area (Å²) in [7, 11) is 1.79. The van der Waals surface area contributed by atoms with Gasteiger partial charge in [-0.3, -0.25) is 9.69 Å². The van der Waals surface area contributed by atoms with Gasteiger partial charge in [0.15, 0.2) is 0 Å². The first-order chi connectivity index (χ1) is 13.3. The Bertz CT molecular complexity index is 730. The molecule has 3 aliphatic heterocycles. The van der Waals surface area contributed by atoms with E-state index in [0.29, 0.717) is 12.8 Å². The van der Waals surface area contributed by atoms with E-state index in [0.717, 1.165) is 32.4 Å². The van der Waals surface area contributed by atoms with Crippen LogP contribution in [-0.2, 0) is 14.3 Å². The zero-order valence-electron chi connectivity index (χ0n) is 17.1. The van der Waals surface area contributed by atoms with Crippen molar-refractivity contribution in [2.45, 2.75) is 75.9 Å². The van der Waals surface area contributed by atoms with Crippen LogP contribution < -0.4 is 0 Å². The Kier molecular flexibility index (Phi) is 3.44. The molecule has 0 aromatic rings. The highest BCUT2D eigenvalue weighted by Gasteiger charge is 2.84. The van der Waals surface area contributed by atoms with E-state index in [2.05, 4.69) is 18.7 Å². The fourth-order valence-electron chi connectivity index (χ4n) is 9.64. The van der Waals surface area contributed by atoms with Gasteiger partial charge in [-0.15, -0.1) is 0 Å². The van der Waals surface area contributed by atoms with E-state index in [1.807, 2.05) is 0 Å². The number of likely N-dealkylation sites (tertiary alicyclic amines) is 1. The summed E-state index contributed by atoms with van der Waals surface area (Å²) >= 11 is 0. The minimum Gasteiger partial charge on any atom is -0.462 e. The van der Waals surface area contributed by atoms with Gasteiger partial charge < -0.3 is 19.7 Å². The summed E-state index contributed by atoms with van der Waals surface area (Å²) in [6, 6.07) is 0.0757. The molecule has 4 saturated carbocycles. The molecule has 2 N–H and O–H groups in total. The van der Waals surface area contributed by atoms with Crippen LogP contribution in [0.1, 0.15) is 46.0 Å². The van der Waals surface area contributed by atoms with Crippen LogP contribution in [0.25, 0.3) is 0 Å². The van der Waals surface area contributed by atoms with Crippen LogP contribution in [0, 0.1) is 34.5 Å². The quantitative estimate of drug-likeness (QED) is 0.689. The van der Waals surface area contributed by atoms with Gasteiger partial charge in [0.25, 0.3) is 0 Å². The Labute approximate surface area is 166 Å². The standard InChI is InChI=1S/C22H33NO5/c1-4-23-10-20(2)7-6-13(27-3)22-12-9-11-5-8-21(26,14(12)19(25)28-11)15(18(22)23)16(24)17(20)22/h11-18,24,26H,4-10H2,1-3H3/t11?,12-,13?,14-,15?,16?,17?,18?,20-,21-,22+/m1/s1. The summed E-state index contributed by atoms with van der Waals surface area (Å²) in [5.74, 6) is -0.969. The summed E-state index contributed by atoms with van der Waals surface area (Å²) in [5, 5.41) is 23.9. The molecule has 156 valence electrons. The van der Waals surface area contributed by atoms with E-state index in [-0.39, 0.29) is 52.8 Å². The van der Waals surface area contributed by atoms with Gasteiger partial charge in [0.1, 0.15) is 6.10 Å². The third-order valence-electron chi connectivity index (χ3n) is 10.1. The van der Waals surface area contributed by atoms with E-state index >= 15 is 0 Å². The molecular weight excluding hydrogens is 358 g/mol. The molecule has 1 spiro atoms. The van der Waals surface area contributed by atoms with Gasteiger partial charge in [0.05, 0.1) is 23.7 Å². The van der Waals surface area contributed by atoms with Crippen LogP contribution in [0.4, 0.5) is 0 Å². The second-order valence-electron chi connectivity index (χ2n) is 10.8. The predicted molar refractivity (Wildman–Crippen MR) is 100 cm³/mol. The number of aliphatic hydroxyl groups is 2. The van der Waals surface area contributed by atoms with Gasteiger partial charge in [0, 0.05) is 36.9 Å². The second-order valence-corrected chi connectivity index (χ2v) is 10.8. The third kappa shape index (κ3) is 1.68. The van der Waals surface area contributed by atoms with Crippen LogP contribution in [0.3, 0.4) is 0 Å². The van der Waals surface area contributed by atoms with Crippen LogP contribution >= 0.6 is 0 Å². The largest absolute Gasteiger partial charge is 0.462 e. The third-order valence-corrected chi connectivity index (χ3v) is 10.1. The molecule has 28 heavy (non-hydrogen) atoms. The van der Waals surface area contributed by atoms with Crippen LogP contribution in [-0.4, -0.2) is 71.2 Å². The van der Waals surface area contributed by atoms with Gasteiger partial charge in [-0.05, 0) is 50.0 Å². The highest BCUT2D eigenvalue weighted by molar-refractivity contribution is 5.77. The molecule has 4 aliphatic carbocycles. The lowest BCUT2D eigenvalue weighted by Crippen LogP contribution is -2.76. The van der Waals surface area contributed by atoms with Gasteiger partial charge in [-0.2, -0.15) is 0 Å². The topological polar surface area (TPSA) is 79.2 Å². The van der Waals surface area contributed by atoms with Crippen LogP contribution in [0.15, 0.2) is 0 Å². The maximum Gasteiger partial charge on any atom is 0.312 e. The van der Waals surface area contributed by atoms with E-state index < -0.39 is 17.6 Å². The molecule has 3 saturated heterocycles. The fraction of sp³-hybridized carbons (Fsp3) is 0.955. The molecule has 6 unspecified atom stereocenters. The van der Waals surface area contributed by atoms with Crippen molar-refractivity contribution >= 4 is 5.97 Å². The van der Waals surface area contributed by atoms with E-state index in [1.165, 1.54) is 0 Å². The van der Waals surface area contributed by atoms with Crippen molar-refractivity contribution in [3.63, 3.8) is 0 Å². The highest BCUT2D eigenvalue weighted by Crippen LogP contribution is 2.77. The number of methoxy groups -OCH3 is 1. The molecule has 3 heterocycles. The van der Waals surface area contributed by atoms with Crippen molar-refractivity contribution in [1.29, 1.82) is 0 Å². The maximum absolute atomic E-state index is 13.1. The number of aliphatic hydroxyl groups excluding tert-OH is 1. The number of hydrogen-bond acceptors (Lipinski definition) is 6. The molecule has 7 aliphatic rings. The first-order valence-electron chi connectivity index (χ1n) is 11.2. The monoisotopic (exact) mass is 391 g/mol. The minimum absolute atomic E-state index is 0.0123. The zero-order valence-corrected chi connectivity index (χ0v) is 17.1. The Balaban J connectivity index is 1.66. The molecule has 11 atom stereocenters. The van der Waals surface area contributed by atoms with E-state index in [1.54, 1.807) is 7.11 Å². The maximum atomic E-state index is 13.1. The summed E-state index contributed by atoms with van der Waals surface area (Å²) in [6.07, 6.45) is 3.38. The van der Waals surface area contributed by atoms with Crippen LogP contribution in [0.5, 0.6) is 0 Å². The van der Waals surface area contributed by atoms with Crippen molar-refractivity contribution < 1.29 is 24.5 Å². The summed E-state index contributed by atoms with van der Waals surface area (Å²) in [5.41, 5.74) is -1.46. The Morgan fingerprint density at radius 2 is 2.11 bits per heavy atom. The van der Waals surface area contributed by atoms with Crippen LogP contribution in [0.2, 0.25) is 0 Å². The Morgan fingerprint density at radius 3 is 2.82 bits per heavy atom. The molecule has 0 aromatic carbocycles. The molecule has 6 heteroatoms. The molecular formula is C22H33NO5. The van der Waals surface area contributed by atoms with E-state index in [4.69, 9.17) is 9.47 Å². The van der Waals surface area contributed by atoms with Gasteiger partial charge in [-0.25, -0.2) is 0 Å². The van der Waals surface area contributed by atoms with E-state index in [9.17, 15) is 15.0 Å². The number of nitrogens with zero attached hydrogens (tertiary/aromatic N) is 1. The lowest BCUT2D eigenvalue weighted by atomic mass is 9.42. The average Bonchev–Trinajstić information content (AvgIpc) is 2.73. The molecule has 7 fully saturated rings. The molecule has 6 nitrogen and oxygen atoms in total. The molecule has 0 radical (unpaired) electrons. The van der Waals surface area contributed by atoms with Crippen molar-refractivity contribution in [3.8, 4) is 0 Å². The summed E-state index contributed by atoms with van der Waals surface area (Å²) in [4.78, 5) is 15.6. The van der Waals surface area contributed by atoms with Gasteiger partial charge in [0.2, 0.25) is 0 Å². The van der Waals surface area contributed by atoms with Crippen molar-refractivity contribution in [3.05, 3.63) is 0 Å². The number of ether oxygens (including phenoxy) is 2. The Hall–Kier alpha value is -0.690. The highest BCUT2D eigenvalue weighted by atomic mass is 16.5. The summed E-state index contributed by atoms with van der Waals surface area (Å²) < 4.78 is 11.9. The van der Waals surface area contributed by atoms with Gasteiger partial charge in [-0.1, -0.05) is 13.8 Å². The number of hydrogen-bond donors (Lipinski definition) is 2. The number of rotatable bonds is 2. The Morgan fingerprint density at radius 1 is 1.32 bits per heavy atom. The smallest absolute Gasteiger partial charge is 0.312 e. The number of piperidine rings is 1. The summed E-state index contributed by atoms with van der Waals surface area (Å²) in [6.45, 7) is 6.38. The lowest BCUT2D eigenvalue weighted by molar-refractivity contribution is -0.269. The SMILES string of the molecule is CCN1C[C@@]2(C)CCC(OC)[C@]34C1C(C(O)C23)[C@@]1(O)CCC2C[C@@H]4[C@@H]1C(=O)O2. The fourth-order valence-corrected chi connectivity index (χ4v) is 9.64. The van der Waals surface area contributed by atoms with Crippen molar-refractivity contribution in [2.75, 3.05) is 20.2 Å². The first kappa shape index (κ1) is 18.1. The lowest BCUT2D eigenvalue weighted by Gasteiger charge is -2.69.